The average molecular weight is 403 g/mol. The first-order chi connectivity index (χ1) is 13.1. The summed E-state index contributed by atoms with van der Waals surface area (Å²) in [6, 6.07) is 14.4. The van der Waals surface area contributed by atoms with Crippen LogP contribution in [0.1, 0.15) is 23.1 Å². The summed E-state index contributed by atoms with van der Waals surface area (Å²) in [5, 5.41) is 12.7. The minimum Gasteiger partial charge on any atom is -0.497 e. The van der Waals surface area contributed by atoms with Crippen molar-refractivity contribution in [1.82, 2.24) is 20.1 Å². The van der Waals surface area contributed by atoms with Gasteiger partial charge in [0, 0.05) is 5.56 Å². The van der Waals surface area contributed by atoms with Crippen molar-refractivity contribution in [1.29, 1.82) is 0 Å². The van der Waals surface area contributed by atoms with E-state index in [0.717, 1.165) is 16.6 Å². The number of hydrogen-bond acceptors (Lipinski definition) is 5. The van der Waals surface area contributed by atoms with Crippen molar-refractivity contribution < 1.29 is 9.53 Å². The molecule has 0 saturated carbocycles. The first kappa shape index (κ1) is 19.3. The van der Waals surface area contributed by atoms with Crippen LogP contribution in [0.3, 0.4) is 0 Å². The van der Waals surface area contributed by atoms with Gasteiger partial charge in [0.05, 0.1) is 24.4 Å². The Morgan fingerprint density at radius 1 is 1.19 bits per heavy atom. The zero-order valence-electron chi connectivity index (χ0n) is 15.0. The van der Waals surface area contributed by atoms with Gasteiger partial charge in [-0.15, -0.1) is 10.2 Å². The molecule has 1 aromatic heterocycles. The van der Waals surface area contributed by atoms with Crippen molar-refractivity contribution in [3.05, 3.63) is 64.9 Å². The van der Waals surface area contributed by atoms with Gasteiger partial charge in [0.1, 0.15) is 5.75 Å². The summed E-state index contributed by atoms with van der Waals surface area (Å²) in [4.78, 5) is 12.4. The predicted molar refractivity (Wildman–Crippen MR) is 107 cm³/mol. The summed E-state index contributed by atoms with van der Waals surface area (Å²) >= 11 is 7.93. The number of nitrogens with zero attached hydrogens (tertiary/aromatic N) is 3. The molecule has 0 unspecified atom stereocenters. The molecule has 1 N–H and O–H groups in total. The van der Waals surface area contributed by atoms with E-state index < -0.39 is 0 Å². The number of nitrogens with one attached hydrogen (secondary N) is 1. The third kappa shape index (κ3) is 4.43. The Balaban J connectivity index is 1.82. The van der Waals surface area contributed by atoms with E-state index in [9.17, 15) is 4.79 Å². The van der Waals surface area contributed by atoms with Crippen molar-refractivity contribution in [2.75, 3.05) is 12.9 Å². The molecule has 0 aliphatic carbocycles. The number of hydrogen-bond donors (Lipinski definition) is 1. The summed E-state index contributed by atoms with van der Waals surface area (Å²) in [6.07, 6.45) is 0. The second-order valence-electron chi connectivity index (χ2n) is 5.53. The molecule has 140 valence electrons. The summed E-state index contributed by atoms with van der Waals surface area (Å²) in [6.45, 7) is 2.27. The van der Waals surface area contributed by atoms with Crippen LogP contribution in [0.4, 0.5) is 0 Å². The van der Waals surface area contributed by atoms with Crippen molar-refractivity contribution >= 4 is 29.3 Å². The molecule has 2 aromatic carbocycles. The number of amides is 1. The highest BCUT2D eigenvalue weighted by atomic mass is 35.5. The minimum absolute atomic E-state index is 0.198. The Bertz CT molecular complexity index is 928. The molecule has 0 bridgehead atoms. The number of aromatic nitrogens is 3. The van der Waals surface area contributed by atoms with Gasteiger partial charge in [0.2, 0.25) is 0 Å². The van der Waals surface area contributed by atoms with Crippen LogP contribution in [-0.4, -0.2) is 33.5 Å². The number of benzene rings is 2. The zero-order valence-corrected chi connectivity index (χ0v) is 16.5. The van der Waals surface area contributed by atoms with E-state index in [2.05, 4.69) is 15.5 Å². The number of halogens is 1. The van der Waals surface area contributed by atoms with Crippen LogP contribution in [0.25, 0.3) is 5.69 Å². The zero-order chi connectivity index (χ0) is 19.2. The molecule has 8 heteroatoms. The first-order valence-corrected chi connectivity index (χ1v) is 9.74. The van der Waals surface area contributed by atoms with Crippen LogP contribution < -0.4 is 10.1 Å². The fourth-order valence-corrected chi connectivity index (χ4v) is 3.43. The van der Waals surface area contributed by atoms with Crippen molar-refractivity contribution in [2.45, 2.75) is 18.6 Å². The van der Waals surface area contributed by atoms with Gasteiger partial charge in [0.15, 0.2) is 11.0 Å². The largest absolute Gasteiger partial charge is 0.497 e. The lowest BCUT2D eigenvalue weighted by Gasteiger charge is -2.12. The van der Waals surface area contributed by atoms with Gasteiger partial charge >= 0.3 is 0 Å². The van der Waals surface area contributed by atoms with Gasteiger partial charge in [-0.3, -0.25) is 9.36 Å². The lowest BCUT2D eigenvalue weighted by molar-refractivity contribution is 0.0949. The first-order valence-electron chi connectivity index (χ1n) is 8.38. The number of rotatable bonds is 7. The molecule has 27 heavy (non-hydrogen) atoms. The number of carbonyl (C=O) groups is 1. The Hall–Kier alpha value is -2.51. The molecule has 0 spiro atoms. The molecule has 0 radical (unpaired) electrons. The van der Waals surface area contributed by atoms with E-state index in [-0.39, 0.29) is 12.5 Å². The second kappa shape index (κ2) is 8.92. The number of thioether (sulfide) groups is 1. The van der Waals surface area contributed by atoms with Crippen molar-refractivity contribution in [3.63, 3.8) is 0 Å². The second-order valence-corrected chi connectivity index (χ2v) is 7.17. The highest BCUT2D eigenvalue weighted by Gasteiger charge is 2.17. The number of carbonyl (C=O) groups excluding carboxylic acids is 1. The van der Waals surface area contributed by atoms with Crippen LogP contribution in [0.2, 0.25) is 5.02 Å². The molecule has 1 heterocycles. The Morgan fingerprint density at radius 2 is 1.93 bits per heavy atom. The minimum atomic E-state index is -0.198. The lowest BCUT2D eigenvalue weighted by Crippen LogP contribution is -2.24. The van der Waals surface area contributed by atoms with Gasteiger partial charge in [-0.25, -0.2) is 0 Å². The molecule has 3 rings (SSSR count). The SMILES string of the molecule is CCSc1nnc(CNC(=O)c2ccc(OC)cc2)n1-c1ccccc1Cl. The van der Waals surface area contributed by atoms with E-state index in [1.165, 1.54) is 0 Å². The van der Waals surface area contributed by atoms with Gasteiger partial charge < -0.3 is 10.1 Å². The molecule has 1 amide bonds. The van der Waals surface area contributed by atoms with E-state index >= 15 is 0 Å². The van der Waals surface area contributed by atoms with Crippen LogP contribution in [0, 0.1) is 0 Å². The predicted octanol–water partition coefficient (Wildman–Crippen LogP) is 3.97. The maximum absolute atomic E-state index is 12.4. The van der Waals surface area contributed by atoms with Gasteiger partial charge in [-0.2, -0.15) is 0 Å². The highest BCUT2D eigenvalue weighted by Crippen LogP contribution is 2.27. The fraction of sp³-hybridized carbons (Fsp3) is 0.211. The monoisotopic (exact) mass is 402 g/mol. The van der Waals surface area contributed by atoms with E-state index in [0.29, 0.717) is 22.2 Å². The topological polar surface area (TPSA) is 69.0 Å². The van der Waals surface area contributed by atoms with Crippen LogP contribution in [-0.2, 0) is 6.54 Å². The number of ether oxygens (including phenoxy) is 1. The maximum Gasteiger partial charge on any atom is 0.251 e. The third-order valence-corrected chi connectivity index (χ3v) is 4.96. The molecule has 0 aliphatic heterocycles. The Morgan fingerprint density at radius 3 is 2.59 bits per heavy atom. The summed E-state index contributed by atoms with van der Waals surface area (Å²) < 4.78 is 6.99. The quantitative estimate of drug-likeness (QED) is 0.605. The number of methoxy groups -OCH3 is 1. The Kier molecular flexibility index (Phi) is 6.36. The molecule has 6 nitrogen and oxygen atoms in total. The molecule has 0 fully saturated rings. The molecule has 0 saturated heterocycles. The van der Waals surface area contributed by atoms with Crippen molar-refractivity contribution in [3.8, 4) is 11.4 Å². The van der Waals surface area contributed by atoms with Gasteiger partial charge in [-0.1, -0.05) is 42.4 Å². The molecule has 0 aliphatic rings. The molecular weight excluding hydrogens is 384 g/mol. The normalized spacial score (nSPS) is 10.6. The van der Waals surface area contributed by atoms with Crippen LogP contribution in [0.5, 0.6) is 5.75 Å². The van der Waals surface area contributed by atoms with Gasteiger partial charge in [-0.05, 0) is 42.2 Å². The summed E-state index contributed by atoms with van der Waals surface area (Å²) in [7, 11) is 1.59. The highest BCUT2D eigenvalue weighted by molar-refractivity contribution is 7.99. The van der Waals surface area contributed by atoms with E-state index in [1.54, 1.807) is 43.1 Å². The number of para-hydroxylation sites is 1. The summed E-state index contributed by atoms with van der Waals surface area (Å²) in [5.74, 6) is 1.96. The van der Waals surface area contributed by atoms with Gasteiger partial charge in [0.25, 0.3) is 5.91 Å². The van der Waals surface area contributed by atoms with E-state index in [1.807, 2.05) is 35.8 Å². The average Bonchev–Trinajstić information content (AvgIpc) is 3.09. The molecule has 0 atom stereocenters. The van der Waals surface area contributed by atoms with Crippen LogP contribution in [0.15, 0.2) is 53.7 Å². The van der Waals surface area contributed by atoms with Crippen molar-refractivity contribution in [2.24, 2.45) is 0 Å². The molecule has 3 aromatic rings. The smallest absolute Gasteiger partial charge is 0.251 e. The maximum atomic E-state index is 12.4. The summed E-state index contributed by atoms with van der Waals surface area (Å²) in [5.41, 5.74) is 1.33. The lowest BCUT2D eigenvalue weighted by atomic mass is 10.2. The Labute approximate surface area is 166 Å². The standard InChI is InChI=1S/C19H19ClN4O2S/c1-3-27-19-23-22-17(24(19)16-7-5-4-6-15(16)20)12-21-18(25)13-8-10-14(26-2)11-9-13/h4-11H,3,12H2,1-2H3,(H,21,25). The molecular formula is C19H19ClN4O2S. The fourth-order valence-electron chi connectivity index (χ4n) is 2.52. The third-order valence-electron chi connectivity index (χ3n) is 3.83. The van der Waals surface area contributed by atoms with E-state index in [4.69, 9.17) is 16.3 Å². The van der Waals surface area contributed by atoms with Crippen LogP contribution >= 0.6 is 23.4 Å².